The number of phenols is 1. The van der Waals surface area contributed by atoms with Gasteiger partial charge in [0.05, 0.1) is 12.2 Å². The van der Waals surface area contributed by atoms with Crippen molar-refractivity contribution in [3.8, 4) is 5.75 Å². The van der Waals surface area contributed by atoms with Gasteiger partial charge in [0, 0.05) is 10.7 Å². The highest BCUT2D eigenvalue weighted by molar-refractivity contribution is 6.31. The molecule has 5 heteroatoms. The van der Waals surface area contributed by atoms with E-state index in [1.54, 1.807) is 24.3 Å². The van der Waals surface area contributed by atoms with Crippen LogP contribution in [0.1, 0.15) is 15.9 Å². The summed E-state index contributed by atoms with van der Waals surface area (Å²) in [6.07, 6.45) is 0. The van der Waals surface area contributed by atoms with Crippen molar-refractivity contribution < 1.29 is 15.0 Å². The van der Waals surface area contributed by atoms with Gasteiger partial charge >= 0.3 is 0 Å². The molecule has 0 aliphatic carbocycles. The van der Waals surface area contributed by atoms with Gasteiger partial charge in [-0.1, -0.05) is 23.7 Å². The Hall–Kier alpha value is -2.04. The Labute approximate surface area is 115 Å². The van der Waals surface area contributed by atoms with Crippen molar-refractivity contribution in [2.75, 3.05) is 5.32 Å². The van der Waals surface area contributed by atoms with E-state index in [1.807, 2.05) is 0 Å². The lowest BCUT2D eigenvalue weighted by Gasteiger charge is -2.07. The number of aliphatic hydroxyl groups excluding tert-OH is 1. The molecule has 0 radical (unpaired) electrons. The molecule has 2 aromatic carbocycles. The molecule has 0 spiro atoms. The van der Waals surface area contributed by atoms with E-state index in [0.717, 1.165) is 5.56 Å². The molecule has 0 fully saturated rings. The second kappa shape index (κ2) is 5.73. The van der Waals surface area contributed by atoms with Crippen LogP contribution >= 0.6 is 11.6 Å². The molecule has 0 aliphatic heterocycles. The lowest BCUT2D eigenvalue weighted by molar-refractivity contribution is 0.102. The average molecular weight is 278 g/mol. The van der Waals surface area contributed by atoms with Gasteiger partial charge in [0.15, 0.2) is 0 Å². The van der Waals surface area contributed by atoms with Crippen molar-refractivity contribution in [2.45, 2.75) is 6.61 Å². The van der Waals surface area contributed by atoms with Crippen molar-refractivity contribution in [3.05, 3.63) is 58.6 Å². The van der Waals surface area contributed by atoms with Gasteiger partial charge in [0.25, 0.3) is 5.91 Å². The summed E-state index contributed by atoms with van der Waals surface area (Å²) < 4.78 is 0. The molecule has 1 amide bonds. The number of benzene rings is 2. The number of halogens is 1. The second-order valence-electron chi connectivity index (χ2n) is 3.97. The second-order valence-corrected chi connectivity index (χ2v) is 4.41. The van der Waals surface area contributed by atoms with E-state index < -0.39 is 5.91 Å². The maximum atomic E-state index is 12.0. The number of rotatable bonds is 3. The van der Waals surface area contributed by atoms with Gasteiger partial charge in [-0.25, -0.2) is 0 Å². The number of nitrogens with one attached hydrogen (secondary N) is 1. The summed E-state index contributed by atoms with van der Waals surface area (Å²) in [5.74, 6) is -0.578. The van der Waals surface area contributed by atoms with E-state index in [2.05, 4.69) is 5.32 Å². The minimum Gasteiger partial charge on any atom is -0.507 e. The number of amides is 1. The minimum absolute atomic E-state index is 0.0523. The number of anilines is 1. The molecule has 0 bridgehead atoms. The van der Waals surface area contributed by atoms with E-state index in [-0.39, 0.29) is 17.9 Å². The van der Waals surface area contributed by atoms with E-state index in [9.17, 15) is 9.90 Å². The lowest BCUT2D eigenvalue weighted by atomic mass is 10.1. The Bertz CT molecular complexity index is 596. The molecule has 4 nitrogen and oxygen atoms in total. The number of aliphatic hydroxyl groups is 1. The fraction of sp³-hybridized carbons (Fsp3) is 0.0714. The molecule has 0 saturated heterocycles. The lowest BCUT2D eigenvalue weighted by Crippen LogP contribution is -2.12. The van der Waals surface area contributed by atoms with Crippen LogP contribution in [0.5, 0.6) is 5.75 Å². The van der Waals surface area contributed by atoms with Crippen molar-refractivity contribution >= 4 is 23.2 Å². The first kappa shape index (κ1) is 13.4. The molecule has 0 aromatic heterocycles. The standard InChI is InChI=1S/C14H12ClNO3/c15-10-3-6-13(18)12(7-10)14(19)16-11-4-1-9(8-17)2-5-11/h1-7,17-18H,8H2,(H,16,19). The van der Waals surface area contributed by atoms with Crippen molar-refractivity contribution in [1.82, 2.24) is 0 Å². The molecule has 0 atom stereocenters. The van der Waals surface area contributed by atoms with Crippen LogP contribution in [0.2, 0.25) is 5.02 Å². The quantitative estimate of drug-likeness (QED) is 0.808. The molecule has 0 heterocycles. The monoisotopic (exact) mass is 277 g/mol. The Morgan fingerprint density at radius 1 is 1.16 bits per heavy atom. The predicted molar refractivity (Wildman–Crippen MR) is 73.4 cm³/mol. The van der Waals surface area contributed by atoms with Gasteiger partial charge in [0.1, 0.15) is 5.75 Å². The van der Waals surface area contributed by atoms with E-state index in [1.165, 1.54) is 18.2 Å². The highest BCUT2D eigenvalue weighted by Crippen LogP contribution is 2.22. The fourth-order valence-corrected chi connectivity index (χ4v) is 1.75. The molecular weight excluding hydrogens is 266 g/mol. The topological polar surface area (TPSA) is 69.6 Å². The van der Waals surface area contributed by atoms with Crippen LogP contribution in [0.4, 0.5) is 5.69 Å². The summed E-state index contributed by atoms with van der Waals surface area (Å²) >= 11 is 5.78. The van der Waals surface area contributed by atoms with Crippen LogP contribution in [0, 0.1) is 0 Å². The van der Waals surface area contributed by atoms with E-state index in [0.29, 0.717) is 10.7 Å². The third-order valence-electron chi connectivity index (χ3n) is 2.60. The van der Waals surface area contributed by atoms with Crippen molar-refractivity contribution in [2.24, 2.45) is 0 Å². The zero-order valence-corrected chi connectivity index (χ0v) is 10.7. The van der Waals surface area contributed by atoms with E-state index in [4.69, 9.17) is 16.7 Å². The van der Waals surface area contributed by atoms with Gasteiger partial charge in [-0.15, -0.1) is 0 Å². The average Bonchev–Trinajstić information content (AvgIpc) is 2.42. The van der Waals surface area contributed by atoms with Gasteiger partial charge in [0.2, 0.25) is 0 Å². The summed E-state index contributed by atoms with van der Waals surface area (Å²) in [6.45, 7) is -0.0523. The third-order valence-corrected chi connectivity index (χ3v) is 2.83. The molecule has 2 rings (SSSR count). The highest BCUT2D eigenvalue weighted by atomic mass is 35.5. The van der Waals surface area contributed by atoms with Crippen LogP contribution in [0.3, 0.4) is 0 Å². The summed E-state index contributed by atoms with van der Waals surface area (Å²) in [7, 11) is 0. The maximum absolute atomic E-state index is 12.0. The number of hydrogen-bond donors (Lipinski definition) is 3. The predicted octanol–water partition coefficient (Wildman–Crippen LogP) is 2.79. The maximum Gasteiger partial charge on any atom is 0.259 e. The van der Waals surface area contributed by atoms with Crippen LogP contribution < -0.4 is 5.32 Å². The first-order valence-electron chi connectivity index (χ1n) is 5.60. The summed E-state index contributed by atoms with van der Waals surface area (Å²) in [5, 5.41) is 21.5. The Kier molecular flexibility index (Phi) is 4.04. The van der Waals surface area contributed by atoms with Crippen molar-refractivity contribution in [3.63, 3.8) is 0 Å². The summed E-state index contributed by atoms with van der Waals surface area (Å²) in [5.41, 5.74) is 1.43. The van der Waals surface area contributed by atoms with Crippen LogP contribution in [0.15, 0.2) is 42.5 Å². The Morgan fingerprint density at radius 3 is 2.47 bits per heavy atom. The zero-order chi connectivity index (χ0) is 13.8. The summed E-state index contributed by atoms with van der Waals surface area (Å²) in [4.78, 5) is 12.0. The molecule has 0 saturated carbocycles. The first-order valence-corrected chi connectivity index (χ1v) is 5.97. The number of carbonyl (C=O) groups excluding carboxylic acids is 1. The molecular formula is C14H12ClNO3. The van der Waals surface area contributed by atoms with Gasteiger partial charge in [-0.2, -0.15) is 0 Å². The zero-order valence-electron chi connectivity index (χ0n) is 9.93. The third kappa shape index (κ3) is 3.24. The summed E-state index contributed by atoms with van der Waals surface area (Å²) in [6, 6.07) is 11.0. The van der Waals surface area contributed by atoms with Gasteiger partial charge in [-0.3, -0.25) is 4.79 Å². The normalized spacial score (nSPS) is 10.2. The van der Waals surface area contributed by atoms with Crippen LogP contribution in [-0.4, -0.2) is 16.1 Å². The van der Waals surface area contributed by atoms with Gasteiger partial charge < -0.3 is 15.5 Å². The molecule has 0 unspecified atom stereocenters. The number of hydrogen-bond acceptors (Lipinski definition) is 3. The first-order chi connectivity index (χ1) is 9.10. The molecule has 0 aliphatic rings. The Morgan fingerprint density at radius 2 is 1.84 bits per heavy atom. The molecule has 2 aromatic rings. The molecule has 98 valence electrons. The number of carbonyl (C=O) groups is 1. The largest absolute Gasteiger partial charge is 0.507 e. The molecule has 19 heavy (non-hydrogen) atoms. The number of aromatic hydroxyl groups is 1. The Balaban J connectivity index is 2.18. The van der Waals surface area contributed by atoms with Gasteiger partial charge in [-0.05, 0) is 35.9 Å². The minimum atomic E-state index is -0.447. The van der Waals surface area contributed by atoms with Crippen LogP contribution in [0.25, 0.3) is 0 Å². The van der Waals surface area contributed by atoms with Crippen molar-refractivity contribution in [1.29, 1.82) is 0 Å². The molecule has 3 N–H and O–H groups in total. The van der Waals surface area contributed by atoms with E-state index >= 15 is 0 Å². The van der Waals surface area contributed by atoms with Crippen LogP contribution in [-0.2, 0) is 6.61 Å². The fourth-order valence-electron chi connectivity index (χ4n) is 1.58. The smallest absolute Gasteiger partial charge is 0.259 e. The SMILES string of the molecule is O=C(Nc1ccc(CO)cc1)c1cc(Cl)ccc1O. The highest BCUT2D eigenvalue weighted by Gasteiger charge is 2.11. The number of phenolic OH excluding ortho intramolecular Hbond substituents is 1.